The molecule has 2 aliphatic carbocycles. The van der Waals surface area contributed by atoms with E-state index in [2.05, 4.69) is 0 Å². The van der Waals surface area contributed by atoms with Gasteiger partial charge in [0.15, 0.2) is 17.9 Å². The summed E-state index contributed by atoms with van der Waals surface area (Å²) in [5.41, 5.74) is 1.70. The van der Waals surface area contributed by atoms with E-state index in [0.717, 1.165) is 0 Å². The van der Waals surface area contributed by atoms with Crippen LogP contribution in [-0.4, -0.2) is 84.7 Å². The summed E-state index contributed by atoms with van der Waals surface area (Å²) in [5.74, 6) is -4.72. The highest BCUT2D eigenvalue weighted by molar-refractivity contribution is 6.31. The predicted octanol–water partition coefficient (Wildman–Crippen LogP) is 0.120. The second kappa shape index (κ2) is 10.1. The van der Waals surface area contributed by atoms with E-state index < -0.39 is 101 Å². The Morgan fingerprint density at radius 3 is 2.44 bits per heavy atom. The molecule has 5 rings (SSSR count). The van der Waals surface area contributed by atoms with Gasteiger partial charge in [-0.3, -0.25) is 14.4 Å². The lowest BCUT2D eigenvalue weighted by Gasteiger charge is -2.42. The Balaban J connectivity index is 0.00000353. The van der Waals surface area contributed by atoms with Crippen molar-refractivity contribution < 1.29 is 54.5 Å². The fourth-order valence-corrected chi connectivity index (χ4v) is 5.59. The Bertz CT molecular complexity index is 1370. The lowest BCUT2D eigenvalue weighted by atomic mass is 9.72. The van der Waals surface area contributed by atoms with E-state index in [9.17, 15) is 45.0 Å². The van der Waals surface area contributed by atoms with Gasteiger partial charge in [0.05, 0.1) is 35.0 Å². The first-order chi connectivity index (χ1) is 17.9. The highest BCUT2D eigenvalue weighted by Gasteiger charge is 2.50. The smallest absolute Gasteiger partial charge is 0.202 e. The van der Waals surface area contributed by atoms with Crippen molar-refractivity contribution in [3.8, 4) is 17.2 Å². The number of ether oxygens (including phenoxy) is 2. The van der Waals surface area contributed by atoms with E-state index in [1.165, 1.54) is 18.2 Å². The number of hydrogen-bond donors (Lipinski definition) is 7. The predicted molar refractivity (Wildman–Crippen MR) is 134 cm³/mol. The van der Waals surface area contributed by atoms with Crippen LogP contribution in [0.25, 0.3) is 0 Å². The highest BCUT2D eigenvalue weighted by Crippen LogP contribution is 2.52. The Morgan fingerprint density at radius 2 is 1.79 bits per heavy atom. The molecule has 1 saturated heterocycles. The number of phenols is 3. The zero-order chi connectivity index (χ0) is 27.7. The fraction of sp³-hybridized carbons (Fsp3) is 0.423. The molecular formula is C26H28ClNO11. The summed E-state index contributed by atoms with van der Waals surface area (Å²) in [4.78, 5) is 39.3. The standard InChI is InChI=1S/C26H27NO11.ClH/c1-9-21(31)12(27)5-16(37-9)38-14-7-26(36,15(30)8-28)6-11-18(14)25(35)20-19(23(11)33)22(32)10-3-2-4-13(29)17(10)24(20)34;/h2-4,9,12,14,16,21,28-29,31,33,35-36H,5-8,27H2,1H3;1H/t9-,12-,14?,16-,21+,26-;/m0./s1. The number of nitrogens with two attached hydrogens (primary N) is 1. The van der Waals surface area contributed by atoms with Gasteiger partial charge in [-0.05, 0) is 13.0 Å². The van der Waals surface area contributed by atoms with Crippen molar-refractivity contribution in [2.75, 3.05) is 6.61 Å². The first kappa shape index (κ1) is 28.9. The van der Waals surface area contributed by atoms with Gasteiger partial charge in [0.1, 0.15) is 29.5 Å². The van der Waals surface area contributed by atoms with E-state index in [0.29, 0.717) is 0 Å². The summed E-state index contributed by atoms with van der Waals surface area (Å²) in [6.07, 6.45) is -5.27. The number of aromatic hydroxyl groups is 3. The molecule has 0 radical (unpaired) electrons. The number of aliphatic hydroxyl groups is 3. The molecule has 13 heteroatoms. The molecule has 2 aromatic carbocycles. The van der Waals surface area contributed by atoms with Gasteiger partial charge in [0.2, 0.25) is 5.78 Å². The maximum atomic E-state index is 13.4. The van der Waals surface area contributed by atoms with Crippen LogP contribution in [0.1, 0.15) is 68.8 Å². The Hall–Kier alpha value is -3.10. The number of carbonyl (C=O) groups is 3. The number of Topliss-reactive ketones (excluding diaryl/α,β-unsaturated/α-hetero) is 1. The molecule has 1 fully saturated rings. The molecule has 6 atom stereocenters. The van der Waals surface area contributed by atoms with Gasteiger partial charge in [-0.1, -0.05) is 12.1 Å². The fourth-order valence-electron chi connectivity index (χ4n) is 5.59. The molecule has 1 heterocycles. The first-order valence-electron chi connectivity index (χ1n) is 12.0. The molecule has 2 aromatic rings. The molecule has 210 valence electrons. The van der Waals surface area contributed by atoms with Gasteiger partial charge in [-0.25, -0.2) is 0 Å². The Morgan fingerprint density at radius 1 is 1.13 bits per heavy atom. The summed E-state index contributed by atoms with van der Waals surface area (Å²) in [7, 11) is 0. The van der Waals surface area contributed by atoms with Crippen LogP contribution in [0.15, 0.2) is 18.2 Å². The lowest BCUT2D eigenvalue weighted by molar-refractivity contribution is -0.247. The number of hydrogen-bond acceptors (Lipinski definition) is 12. The average Bonchev–Trinajstić information content (AvgIpc) is 2.86. The number of ketones is 3. The molecule has 12 nitrogen and oxygen atoms in total. The molecule has 0 amide bonds. The van der Waals surface area contributed by atoms with Crippen LogP contribution in [-0.2, 0) is 20.7 Å². The summed E-state index contributed by atoms with van der Waals surface area (Å²) in [5, 5.41) is 63.7. The van der Waals surface area contributed by atoms with Crippen molar-refractivity contribution in [1.29, 1.82) is 0 Å². The van der Waals surface area contributed by atoms with E-state index in [4.69, 9.17) is 15.2 Å². The van der Waals surface area contributed by atoms with E-state index >= 15 is 0 Å². The topological polar surface area (TPSA) is 217 Å². The number of fused-ring (bicyclic) bond motifs is 3. The van der Waals surface area contributed by atoms with Crippen LogP contribution in [0.5, 0.6) is 17.2 Å². The average molecular weight is 566 g/mol. The minimum Gasteiger partial charge on any atom is -0.507 e. The number of halogens is 1. The number of phenolic OH excluding ortho intramolecular Hbond substituents is 3. The van der Waals surface area contributed by atoms with Crippen molar-refractivity contribution in [2.45, 2.75) is 62.4 Å². The van der Waals surface area contributed by atoms with Crippen molar-refractivity contribution >= 4 is 29.8 Å². The SMILES string of the molecule is C[C@@H]1O[C@@H](OC2C[C@](O)(C(=O)CO)Cc3c(O)c4c(c(O)c32)C(=O)c2c(O)cccc2C4=O)C[C@H](N)[C@@H]1O.Cl. The second-order valence-corrected chi connectivity index (χ2v) is 9.98. The Labute approximate surface area is 228 Å². The largest absolute Gasteiger partial charge is 0.507 e. The van der Waals surface area contributed by atoms with Crippen molar-refractivity contribution in [1.82, 2.24) is 0 Å². The highest BCUT2D eigenvalue weighted by atomic mass is 35.5. The van der Waals surface area contributed by atoms with Crippen molar-refractivity contribution in [2.24, 2.45) is 5.73 Å². The van der Waals surface area contributed by atoms with Crippen LogP contribution < -0.4 is 5.73 Å². The van der Waals surface area contributed by atoms with Crippen LogP contribution in [0, 0.1) is 0 Å². The molecular weight excluding hydrogens is 538 g/mol. The molecule has 3 aliphatic rings. The maximum absolute atomic E-state index is 13.4. The quantitative estimate of drug-likeness (QED) is 0.210. The van der Waals surface area contributed by atoms with Gasteiger partial charge in [0.25, 0.3) is 0 Å². The summed E-state index contributed by atoms with van der Waals surface area (Å²) in [6, 6.07) is 3.09. The number of benzene rings is 2. The molecule has 0 saturated carbocycles. The van der Waals surface area contributed by atoms with Crippen LogP contribution in [0.4, 0.5) is 0 Å². The van der Waals surface area contributed by atoms with E-state index in [1.807, 2.05) is 0 Å². The van der Waals surface area contributed by atoms with Crippen LogP contribution in [0.2, 0.25) is 0 Å². The molecule has 1 aliphatic heterocycles. The second-order valence-electron chi connectivity index (χ2n) is 9.98. The van der Waals surface area contributed by atoms with Gasteiger partial charge in [-0.15, -0.1) is 12.4 Å². The number of rotatable bonds is 4. The maximum Gasteiger partial charge on any atom is 0.202 e. The molecule has 1 unspecified atom stereocenters. The molecule has 8 N–H and O–H groups in total. The summed E-state index contributed by atoms with van der Waals surface area (Å²) < 4.78 is 11.7. The third-order valence-corrected chi connectivity index (χ3v) is 7.60. The molecule has 0 aromatic heterocycles. The van der Waals surface area contributed by atoms with Gasteiger partial charge in [0, 0.05) is 42.0 Å². The Kier molecular flexibility index (Phi) is 7.51. The third kappa shape index (κ3) is 4.38. The molecule has 0 spiro atoms. The molecule has 39 heavy (non-hydrogen) atoms. The zero-order valence-corrected chi connectivity index (χ0v) is 21.5. The molecule has 0 bridgehead atoms. The monoisotopic (exact) mass is 565 g/mol. The van der Waals surface area contributed by atoms with Gasteiger partial charge >= 0.3 is 0 Å². The minimum absolute atomic E-state index is 0. The van der Waals surface area contributed by atoms with E-state index in [1.54, 1.807) is 6.92 Å². The minimum atomic E-state index is -2.26. The summed E-state index contributed by atoms with van der Waals surface area (Å²) >= 11 is 0. The normalized spacial score (nSPS) is 29.6. The number of carbonyl (C=O) groups excluding carboxylic acids is 3. The van der Waals surface area contributed by atoms with Gasteiger partial charge in [-0.2, -0.15) is 0 Å². The van der Waals surface area contributed by atoms with Crippen molar-refractivity contribution in [3.63, 3.8) is 0 Å². The summed E-state index contributed by atoms with van der Waals surface area (Å²) in [6.45, 7) is 0.530. The van der Waals surface area contributed by atoms with E-state index in [-0.39, 0.29) is 41.1 Å². The van der Waals surface area contributed by atoms with Crippen LogP contribution in [0.3, 0.4) is 0 Å². The zero-order valence-electron chi connectivity index (χ0n) is 20.7. The third-order valence-electron chi connectivity index (χ3n) is 7.60. The van der Waals surface area contributed by atoms with Crippen LogP contribution >= 0.6 is 12.4 Å². The van der Waals surface area contributed by atoms with Gasteiger partial charge < -0.3 is 45.8 Å². The lowest BCUT2D eigenvalue weighted by Crippen LogP contribution is -2.53. The first-order valence-corrected chi connectivity index (χ1v) is 12.0. The van der Waals surface area contributed by atoms with Crippen molar-refractivity contribution in [3.05, 3.63) is 51.6 Å². The number of aliphatic hydroxyl groups excluding tert-OH is 2.